The first-order valence-corrected chi connectivity index (χ1v) is 2.21. The monoisotopic (exact) mass is 190 g/mol. The minimum absolute atomic E-state index is 0. The molecule has 0 aliphatic heterocycles. The third-order valence-electron chi connectivity index (χ3n) is 0.333. The Morgan fingerprint density at radius 2 is 1.09 bits per heavy atom. The van der Waals surface area contributed by atoms with E-state index in [4.69, 9.17) is 19.8 Å². The van der Waals surface area contributed by atoms with Gasteiger partial charge in [-0.15, -0.1) is 0 Å². The molecule has 0 aliphatic rings. The minimum atomic E-state index is -1.23. The molecule has 0 amide bonds. The first-order valence-electron chi connectivity index (χ1n) is 2.21. The third kappa shape index (κ3) is 47.3. The van der Waals surface area contributed by atoms with E-state index in [0.717, 1.165) is 12.2 Å². The fourth-order valence-corrected chi connectivity index (χ4v) is 0. The molecule has 0 spiro atoms. The van der Waals surface area contributed by atoms with Gasteiger partial charge in [0.2, 0.25) is 0 Å². The standard InChI is InChI=1S/2C3H4O2.Ti/c2*1-2-3(4)5;/h2*2H,1H2,(H,4,5);/q;;+2/p-2. The van der Waals surface area contributed by atoms with E-state index in [9.17, 15) is 0 Å². The van der Waals surface area contributed by atoms with Gasteiger partial charge in [0.1, 0.15) is 0 Å². The predicted octanol–water partition coefficient (Wildman–Crippen LogP) is -2.16. The summed E-state index contributed by atoms with van der Waals surface area (Å²) in [6.45, 7) is 5.80. The largest absolute Gasteiger partial charge is 2.00 e. The normalized spacial score (nSPS) is 5.82. The Kier molecular flexibility index (Phi) is 17.9. The molecule has 0 heterocycles. The van der Waals surface area contributed by atoms with Gasteiger partial charge in [-0.3, -0.25) is 0 Å². The Labute approximate surface area is 79.1 Å². The van der Waals surface area contributed by atoms with Crippen LogP contribution in [0.5, 0.6) is 0 Å². The van der Waals surface area contributed by atoms with Crippen LogP contribution in [0.4, 0.5) is 0 Å². The molecule has 58 valence electrons. The zero-order valence-corrected chi connectivity index (χ0v) is 7.26. The molecule has 0 saturated carbocycles. The van der Waals surface area contributed by atoms with E-state index in [1.165, 1.54) is 0 Å². The molecule has 0 radical (unpaired) electrons. The Balaban J connectivity index is -0.000000107. The average Bonchev–Trinajstić information content (AvgIpc) is 1.89. The first kappa shape index (κ1) is 16.6. The Hall–Kier alpha value is -0.866. The van der Waals surface area contributed by atoms with Gasteiger partial charge in [-0.25, -0.2) is 0 Å². The van der Waals surface area contributed by atoms with Crippen LogP contribution in [0.25, 0.3) is 0 Å². The molecule has 0 aromatic rings. The second-order valence-corrected chi connectivity index (χ2v) is 1.05. The quantitative estimate of drug-likeness (QED) is 0.367. The van der Waals surface area contributed by atoms with E-state index in [0.29, 0.717) is 0 Å². The SMILES string of the molecule is C=CC(=O)[O-].C=CC(=O)[O-].[Ti+2]. The molecule has 0 N–H and O–H groups in total. The van der Waals surface area contributed by atoms with E-state index in [-0.39, 0.29) is 21.7 Å². The zero-order chi connectivity index (χ0) is 8.57. The Morgan fingerprint density at radius 1 is 1.00 bits per heavy atom. The summed E-state index contributed by atoms with van der Waals surface area (Å²) in [6.07, 6.45) is 1.44. The molecule has 0 bridgehead atoms. The van der Waals surface area contributed by atoms with Crippen LogP contribution in [0.2, 0.25) is 0 Å². The van der Waals surface area contributed by atoms with Crippen LogP contribution >= 0.6 is 0 Å². The van der Waals surface area contributed by atoms with Gasteiger partial charge in [-0.2, -0.15) is 0 Å². The molecule has 0 aliphatic carbocycles. The summed E-state index contributed by atoms with van der Waals surface area (Å²) in [5, 5.41) is 18.3. The van der Waals surface area contributed by atoms with Gasteiger partial charge in [0, 0.05) is 0 Å². The topological polar surface area (TPSA) is 80.3 Å². The summed E-state index contributed by atoms with van der Waals surface area (Å²) in [5.41, 5.74) is 0. The number of hydrogen-bond acceptors (Lipinski definition) is 4. The molecule has 0 rings (SSSR count). The summed E-state index contributed by atoms with van der Waals surface area (Å²) < 4.78 is 0. The van der Waals surface area contributed by atoms with Gasteiger partial charge in [-0.1, -0.05) is 13.2 Å². The van der Waals surface area contributed by atoms with Crippen LogP contribution in [-0.2, 0) is 31.3 Å². The van der Waals surface area contributed by atoms with E-state index in [1.807, 2.05) is 0 Å². The maximum atomic E-state index is 9.14. The van der Waals surface area contributed by atoms with Gasteiger partial charge in [0.15, 0.2) is 0 Å². The van der Waals surface area contributed by atoms with E-state index in [2.05, 4.69) is 13.2 Å². The number of hydrogen-bond donors (Lipinski definition) is 0. The van der Waals surface area contributed by atoms with Gasteiger partial charge in [0.05, 0.1) is 11.9 Å². The number of carbonyl (C=O) groups excluding carboxylic acids is 2. The molecule has 0 unspecified atom stereocenters. The molecular formula is C6H6O4Ti. The van der Waals surface area contributed by atoms with Crippen molar-refractivity contribution in [3.05, 3.63) is 25.3 Å². The fourth-order valence-electron chi connectivity index (χ4n) is 0. The second-order valence-electron chi connectivity index (χ2n) is 1.05. The number of aliphatic carboxylic acids is 2. The van der Waals surface area contributed by atoms with Crippen molar-refractivity contribution in [1.29, 1.82) is 0 Å². The predicted molar refractivity (Wildman–Crippen MR) is 30.4 cm³/mol. The second kappa shape index (κ2) is 11.9. The van der Waals surface area contributed by atoms with Crippen molar-refractivity contribution in [2.45, 2.75) is 0 Å². The van der Waals surface area contributed by atoms with Crippen molar-refractivity contribution in [3.8, 4) is 0 Å². The molecule has 4 nitrogen and oxygen atoms in total. The number of rotatable bonds is 2. The Morgan fingerprint density at radius 3 is 1.09 bits per heavy atom. The molecule has 0 atom stereocenters. The van der Waals surface area contributed by atoms with Crippen molar-refractivity contribution < 1.29 is 41.5 Å². The van der Waals surface area contributed by atoms with Crippen molar-refractivity contribution in [2.75, 3.05) is 0 Å². The molecule has 0 aromatic heterocycles. The minimum Gasteiger partial charge on any atom is -0.545 e. The summed E-state index contributed by atoms with van der Waals surface area (Å²) in [4.78, 5) is 18.3. The number of carboxylic acids is 2. The number of carbonyl (C=O) groups is 2. The Bertz CT molecular complexity index is 135. The van der Waals surface area contributed by atoms with Crippen molar-refractivity contribution in [1.82, 2.24) is 0 Å². The van der Waals surface area contributed by atoms with Gasteiger partial charge >= 0.3 is 21.7 Å². The zero-order valence-electron chi connectivity index (χ0n) is 5.70. The molecule has 5 heteroatoms. The smallest absolute Gasteiger partial charge is 0.545 e. The van der Waals surface area contributed by atoms with E-state index >= 15 is 0 Å². The first-order chi connectivity index (χ1) is 4.54. The average molecular weight is 190 g/mol. The van der Waals surface area contributed by atoms with Crippen molar-refractivity contribution >= 4 is 11.9 Å². The summed E-state index contributed by atoms with van der Waals surface area (Å²) in [7, 11) is 0. The molecule has 0 saturated heterocycles. The van der Waals surface area contributed by atoms with Crippen molar-refractivity contribution in [2.24, 2.45) is 0 Å². The van der Waals surface area contributed by atoms with E-state index in [1.54, 1.807) is 0 Å². The summed E-state index contributed by atoms with van der Waals surface area (Å²) >= 11 is 0. The maximum absolute atomic E-state index is 9.14. The van der Waals surface area contributed by atoms with Crippen LogP contribution in [0.3, 0.4) is 0 Å². The van der Waals surface area contributed by atoms with Crippen LogP contribution in [0.1, 0.15) is 0 Å². The van der Waals surface area contributed by atoms with Crippen LogP contribution in [-0.4, -0.2) is 11.9 Å². The van der Waals surface area contributed by atoms with E-state index < -0.39 is 11.9 Å². The van der Waals surface area contributed by atoms with Gasteiger partial charge < -0.3 is 19.8 Å². The summed E-state index contributed by atoms with van der Waals surface area (Å²) in [5.74, 6) is -2.46. The van der Waals surface area contributed by atoms with Crippen LogP contribution in [0, 0.1) is 0 Å². The molecule has 11 heavy (non-hydrogen) atoms. The van der Waals surface area contributed by atoms with Crippen LogP contribution in [0.15, 0.2) is 25.3 Å². The third-order valence-corrected chi connectivity index (χ3v) is 0.333. The van der Waals surface area contributed by atoms with Gasteiger partial charge in [-0.05, 0) is 12.2 Å². The molecular weight excluding hydrogens is 184 g/mol. The fraction of sp³-hybridized carbons (Fsp3) is 0. The summed E-state index contributed by atoms with van der Waals surface area (Å²) in [6, 6.07) is 0. The van der Waals surface area contributed by atoms with Crippen molar-refractivity contribution in [3.63, 3.8) is 0 Å². The maximum Gasteiger partial charge on any atom is 2.00 e. The van der Waals surface area contributed by atoms with Crippen LogP contribution < -0.4 is 10.2 Å². The van der Waals surface area contributed by atoms with Gasteiger partial charge in [0.25, 0.3) is 0 Å². The molecule has 0 fully saturated rings. The molecule has 0 aromatic carbocycles. The number of carboxylic acid groups (broad SMARTS) is 2.